The maximum Gasteiger partial charge on any atom is 0.174 e. The van der Waals surface area contributed by atoms with Crippen LogP contribution in [0.15, 0.2) is 24.3 Å². The molecule has 1 atom stereocenters. The smallest absolute Gasteiger partial charge is 0.174 e. The number of aromatic nitrogens is 1. The summed E-state index contributed by atoms with van der Waals surface area (Å²) >= 11 is 12.9. The van der Waals surface area contributed by atoms with Gasteiger partial charge in [0.15, 0.2) is 9.07 Å². The van der Waals surface area contributed by atoms with Crippen molar-refractivity contribution < 1.29 is 9.47 Å². The van der Waals surface area contributed by atoms with Crippen molar-refractivity contribution >= 4 is 51.1 Å². The quantitative estimate of drug-likeness (QED) is 0.477. The first-order valence-corrected chi connectivity index (χ1v) is 15.7. The molecule has 0 saturated carbocycles. The molecule has 4 aliphatic heterocycles. The number of para-hydroxylation sites is 1. The van der Waals surface area contributed by atoms with Crippen molar-refractivity contribution in [3.63, 3.8) is 0 Å². The molecular weight excluding hydrogens is 537 g/mol. The molecule has 1 aromatic heterocycles. The number of hydrogen-bond donors (Lipinski definition) is 0. The lowest BCUT2D eigenvalue weighted by Gasteiger charge is -2.34. The van der Waals surface area contributed by atoms with E-state index < -0.39 is 0 Å². The highest BCUT2D eigenvalue weighted by molar-refractivity contribution is 7.80. The number of nitrogens with zero attached hydrogens (tertiary/aromatic N) is 6. The highest BCUT2D eigenvalue weighted by Gasteiger charge is 2.33. The number of rotatable bonds is 6. The Labute approximate surface area is 241 Å². The Morgan fingerprint density at radius 3 is 2.08 bits per heavy atom. The number of ether oxygens (including phenoxy) is 2. The van der Waals surface area contributed by atoms with Crippen molar-refractivity contribution in [3.05, 3.63) is 28.2 Å². The molecule has 5 heterocycles. The molecule has 0 spiro atoms. The molecule has 8 nitrogen and oxygen atoms in total. The molecule has 0 radical (unpaired) electrons. The van der Waals surface area contributed by atoms with Gasteiger partial charge in [0.2, 0.25) is 0 Å². The Bertz CT molecular complexity index is 1090. The van der Waals surface area contributed by atoms with E-state index in [1.54, 1.807) is 11.3 Å². The van der Waals surface area contributed by atoms with E-state index >= 15 is 0 Å². The Balaban J connectivity index is 0.000000158. The lowest BCUT2D eigenvalue weighted by molar-refractivity contribution is 0.0194. The summed E-state index contributed by atoms with van der Waals surface area (Å²) in [7, 11) is 0. The van der Waals surface area contributed by atoms with Gasteiger partial charge < -0.3 is 23.8 Å². The topological polar surface area (TPSA) is 39.6 Å². The van der Waals surface area contributed by atoms with Gasteiger partial charge in [-0.15, -0.1) is 11.3 Å². The van der Waals surface area contributed by atoms with Crippen molar-refractivity contribution in [1.29, 1.82) is 0 Å². The normalized spacial score (nSPS) is 24.1. The predicted octanol–water partition coefficient (Wildman–Crippen LogP) is 3.73. The van der Waals surface area contributed by atoms with Crippen LogP contribution in [0.5, 0.6) is 0 Å². The minimum Gasteiger partial charge on any atom is -0.379 e. The molecule has 0 N–H and O–H groups in total. The molecule has 0 bridgehead atoms. The zero-order chi connectivity index (χ0) is 26.3. The summed E-state index contributed by atoms with van der Waals surface area (Å²) < 4.78 is 15.4. The van der Waals surface area contributed by atoms with Crippen molar-refractivity contribution in [2.45, 2.75) is 38.9 Å². The molecule has 210 valence electrons. The highest BCUT2D eigenvalue weighted by Crippen LogP contribution is 2.24. The molecule has 1 unspecified atom stereocenters. The van der Waals surface area contributed by atoms with E-state index in [9.17, 15) is 0 Å². The van der Waals surface area contributed by atoms with Crippen molar-refractivity contribution in [1.82, 2.24) is 29.1 Å². The first kappa shape index (κ1) is 28.4. The molecule has 4 saturated heterocycles. The minimum absolute atomic E-state index is 0.487. The van der Waals surface area contributed by atoms with Crippen molar-refractivity contribution in [2.75, 3.05) is 85.6 Å². The number of piperidine rings is 1. The summed E-state index contributed by atoms with van der Waals surface area (Å²) in [6.45, 7) is 16.0. The van der Waals surface area contributed by atoms with Crippen molar-refractivity contribution in [2.24, 2.45) is 0 Å². The van der Waals surface area contributed by atoms with Gasteiger partial charge in [0, 0.05) is 38.8 Å². The SMILES string of the molecule is CC1CN(CN2CCOCC2)C(=S)N1CN1CCOCC1.S=c1sc2ccccc2n1CN1CCCCC1. The van der Waals surface area contributed by atoms with Gasteiger partial charge in [0.1, 0.15) is 0 Å². The Kier molecular flexibility index (Phi) is 10.4. The third-order valence-corrected chi connectivity index (χ3v) is 9.75. The fourth-order valence-corrected chi connectivity index (χ4v) is 7.25. The number of fused-ring (bicyclic) bond motifs is 1. The van der Waals surface area contributed by atoms with Gasteiger partial charge in [-0.25, -0.2) is 0 Å². The van der Waals surface area contributed by atoms with Crippen LogP contribution in [0, 0.1) is 3.95 Å². The summed E-state index contributed by atoms with van der Waals surface area (Å²) in [6, 6.07) is 8.99. The van der Waals surface area contributed by atoms with Crippen molar-refractivity contribution in [3.8, 4) is 0 Å². The number of morpholine rings is 2. The summed E-state index contributed by atoms with van der Waals surface area (Å²) in [4.78, 5) is 12.1. The minimum atomic E-state index is 0.487. The lowest BCUT2D eigenvalue weighted by atomic mass is 10.1. The molecule has 0 aliphatic carbocycles. The first-order chi connectivity index (χ1) is 18.6. The fourth-order valence-electron chi connectivity index (χ4n) is 5.57. The predicted molar refractivity (Wildman–Crippen MR) is 161 cm³/mol. The van der Waals surface area contributed by atoms with Crippen LogP contribution in [0.25, 0.3) is 10.2 Å². The summed E-state index contributed by atoms with van der Waals surface area (Å²) in [5, 5.41) is 1.00. The first-order valence-electron chi connectivity index (χ1n) is 14.0. The number of benzene rings is 1. The second-order valence-electron chi connectivity index (χ2n) is 10.7. The van der Waals surface area contributed by atoms with Crippen LogP contribution >= 0.6 is 35.8 Å². The Hall–Kier alpha value is -1.18. The number of likely N-dealkylation sites (tertiary alicyclic amines) is 1. The number of thiazole rings is 1. The molecule has 4 fully saturated rings. The summed E-state index contributed by atoms with van der Waals surface area (Å²) in [5.74, 6) is 0. The van der Waals surface area contributed by atoms with Gasteiger partial charge >= 0.3 is 0 Å². The average Bonchev–Trinajstić information content (AvgIpc) is 3.40. The van der Waals surface area contributed by atoms with Crippen LogP contribution in [0.2, 0.25) is 0 Å². The van der Waals surface area contributed by atoms with Gasteiger partial charge in [-0.05, 0) is 69.4 Å². The molecule has 1 aromatic carbocycles. The van der Waals surface area contributed by atoms with Gasteiger partial charge in [-0.2, -0.15) is 0 Å². The molecular formula is C27H42N6O2S3. The Morgan fingerprint density at radius 1 is 0.789 bits per heavy atom. The third-order valence-electron chi connectivity index (χ3n) is 7.83. The van der Waals surface area contributed by atoms with Gasteiger partial charge in [0.25, 0.3) is 0 Å². The Morgan fingerprint density at radius 2 is 1.39 bits per heavy atom. The van der Waals surface area contributed by atoms with E-state index in [4.69, 9.17) is 33.9 Å². The maximum atomic E-state index is 5.71. The van der Waals surface area contributed by atoms with Crippen LogP contribution in [0.3, 0.4) is 0 Å². The number of thiocarbonyl (C=S) groups is 1. The second-order valence-corrected chi connectivity index (χ2v) is 12.7. The zero-order valence-electron chi connectivity index (χ0n) is 22.6. The van der Waals surface area contributed by atoms with Crippen LogP contribution in [-0.2, 0) is 16.1 Å². The molecule has 38 heavy (non-hydrogen) atoms. The standard InChI is InChI=1S/C14H26N4O2S.C13H16N2S2/c1-13-10-17(11-15-2-6-19-7-3-15)14(21)18(13)12-16-4-8-20-9-5-16;16-13-15(10-14-8-4-1-5-9-14)11-6-2-3-7-12(11)17-13/h13H,2-12H2,1H3;2-3,6-7H,1,4-5,8-10H2. The monoisotopic (exact) mass is 578 g/mol. The average molecular weight is 579 g/mol. The summed E-state index contributed by atoms with van der Waals surface area (Å²) in [6.07, 6.45) is 4.04. The number of hydrogen-bond acceptors (Lipinski definition) is 8. The van der Waals surface area contributed by atoms with Crippen LogP contribution in [0.4, 0.5) is 0 Å². The van der Waals surface area contributed by atoms with E-state index in [0.29, 0.717) is 6.04 Å². The molecule has 0 amide bonds. The molecule has 11 heteroatoms. The largest absolute Gasteiger partial charge is 0.379 e. The molecule has 2 aromatic rings. The molecule has 4 aliphatic rings. The third kappa shape index (κ3) is 7.31. The van der Waals surface area contributed by atoms with E-state index in [0.717, 1.165) is 88.2 Å². The molecule has 6 rings (SSSR count). The maximum absolute atomic E-state index is 5.71. The van der Waals surface area contributed by atoms with E-state index in [2.05, 4.69) is 60.3 Å². The second kappa shape index (κ2) is 13.9. The fraction of sp³-hybridized carbons (Fsp3) is 0.704. The summed E-state index contributed by atoms with van der Waals surface area (Å²) in [5.41, 5.74) is 1.29. The van der Waals surface area contributed by atoms with E-state index in [1.807, 2.05) is 0 Å². The lowest BCUT2D eigenvalue weighted by Crippen LogP contribution is -2.48. The zero-order valence-corrected chi connectivity index (χ0v) is 25.1. The van der Waals surface area contributed by atoms with Crippen LogP contribution in [-0.4, -0.2) is 126 Å². The van der Waals surface area contributed by atoms with Crippen LogP contribution in [0.1, 0.15) is 26.2 Å². The van der Waals surface area contributed by atoms with E-state index in [-0.39, 0.29) is 0 Å². The van der Waals surface area contributed by atoms with Crippen LogP contribution < -0.4 is 0 Å². The van der Waals surface area contributed by atoms with Gasteiger partial charge in [-0.1, -0.05) is 18.6 Å². The van der Waals surface area contributed by atoms with Gasteiger partial charge in [0.05, 0.1) is 56.7 Å². The highest BCUT2D eigenvalue weighted by atomic mass is 32.1. The van der Waals surface area contributed by atoms with Gasteiger partial charge in [-0.3, -0.25) is 14.7 Å². The van der Waals surface area contributed by atoms with E-state index in [1.165, 1.54) is 42.6 Å².